The fourth-order valence-corrected chi connectivity index (χ4v) is 1.70. The molecule has 0 atom stereocenters. The summed E-state index contributed by atoms with van der Waals surface area (Å²) in [5, 5.41) is 8.77. The monoisotopic (exact) mass is 257 g/mol. The Morgan fingerprint density at radius 2 is 1.72 bits per heavy atom. The molecule has 7 heteroatoms. The molecule has 0 bridgehead atoms. The van der Waals surface area contributed by atoms with Crippen molar-refractivity contribution in [3.8, 4) is 0 Å². The highest BCUT2D eigenvalue weighted by molar-refractivity contribution is 5.84. The Hall–Kier alpha value is -1.79. The Balaban J connectivity index is 2.32. The van der Waals surface area contributed by atoms with Crippen molar-refractivity contribution in [3.63, 3.8) is 0 Å². The molecule has 0 aromatic carbocycles. The molecule has 1 rings (SSSR count). The van der Waals surface area contributed by atoms with Crippen LogP contribution in [0, 0.1) is 11.8 Å². The molecule has 0 radical (unpaired) electrons. The first-order valence-corrected chi connectivity index (χ1v) is 5.99. The van der Waals surface area contributed by atoms with Crippen LogP contribution in [0.25, 0.3) is 0 Å². The first-order valence-electron chi connectivity index (χ1n) is 5.99. The first kappa shape index (κ1) is 14.3. The summed E-state index contributed by atoms with van der Waals surface area (Å²) < 4.78 is 0. The molecule has 0 saturated carbocycles. The minimum absolute atomic E-state index is 0.195. The van der Waals surface area contributed by atoms with Crippen molar-refractivity contribution in [2.75, 3.05) is 13.1 Å². The van der Waals surface area contributed by atoms with Gasteiger partial charge in [-0.15, -0.1) is 0 Å². The SMILES string of the molecule is CC(C)C(=O)NNC(=O)C1CCN(C(=O)O)CC1. The van der Waals surface area contributed by atoms with Crippen LogP contribution in [0.5, 0.6) is 0 Å². The van der Waals surface area contributed by atoms with Crippen LogP contribution in [-0.2, 0) is 9.59 Å². The summed E-state index contributed by atoms with van der Waals surface area (Å²) in [7, 11) is 0. The van der Waals surface area contributed by atoms with Crippen LogP contribution in [-0.4, -0.2) is 41.0 Å². The lowest BCUT2D eigenvalue weighted by molar-refractivity contribution is -0.133. The Morgan fingerprint density at radius 1 is 1.17 bits per heavy atom. The number of nitrogens with one attached hydrogen (secondary N) is 2. The fourth-order valence-electron chi connectivity index (χ4n) is 1.70. The summed E-state index contributed by atoms with van der Waals surface area (Å²) >= 11 is 0. The summed E-state index contributed by atoms with van der Waals surface area (Å²) in [5.41, 5.74) is 4.72. The largest absolute Gasteiger partial charge is 0.465 e. The topological polar surface area (TPSA) is 98.7 Å². The molecule has 1 fully saturated rings. The molecule has 1 heterocycles. The van der Waals surface area contributed by atoms with Gasteiger partial charge in [0.1, 0.15) is 0 Å². The summed E-state index contributed by atoms with van der Waals surface area (Å²) in [6.45, 7) is 4.16. The molecule has 0 spiro atoms. The van der Waals surface area contributed by atoms with E-state index in [9.17, 15) is 14.4 Å². The number of carbonyl (C=O) groups excluding carboxylic acids is 2. The molecule has 102 valence electrons. The van der Waals surface area contributed by atoms with Gasteiger partial charge in [0.15, 0.2) is 0 Å². The Bertz CT molecular complexity index is 335. The molecular formula is C11H19N3O4. The number of nitrogens with zero attached hydrogens (tertiary/aromatic N) is 1. The quantitative estimate of drug-likeness (QED) is 0.614. The second-order valence-electron chi connectivity index (χ2n) is 4.68. The molecule has 0 unspecified atom stereocenters. The van der Waals surface area contributed by atoms with Crippen LogP contribution in [0.4, 0.5) is 4.79 Å². The Morgan fingerprint density at radius 3 is 2.17 bits per heavy atom. The van der Waals surface area contributed by atoms with E-state index in [0.29, 0.717) is 25.9 Å². The molecule has 1 saturated heterocycles. The van der Waals surface area contributed by atoms with Crippen molar-refractivity contribution in [2.24, 2.45) is 11.8 Å². The molecule has 7 nitrogen and oxygen atoms in total. The van der Waals surface area contributed by atoms with E-state index in [-0.39, 0.29) is 23.7 Å². The normalized spacial score (nSPS) is 16.5. The van der Waals surface area contributed by atoms with Crippen molar-refractivity contribution in [1.29, 1.82) is 0 Å². The van der Waals surface area contributed by atoms with Crippen LogP contribution in [0.15, 0.2) is 0 Å². The lowest BCUT2D eigenvalue weighted by Crippen LogP contribution is -2.48. The highest BCUT2D eigenvalue weighted by Crippen LogP contribution is 2.16. The lowest BCUT2D eigenvalue weighted by Gasteiger charge is -2.29. The molecular weight excluding hydrogens is 238 g/mol. The smallest absolute Gasteiger partial charge is 0.407 e. The highest BCUT2D eigenvalue weighted by Gasteiger charge is 2.27. The molecule has 0 aliphatic carbocycles. The molecule has 3 amide bonds. The first-order chi connectivity index (χ1) is 8.41. The van der Waals surface area contributed by atoms with E-state index in [4.69, 9.17) is 5.11 Å². The summed E-state index contributed by atoms with van der Waals surface area (Å²) in [4.78, 5) is 34.9. The summed E-state index contributed by atoms with van der Waals surface area (Å²) in [6.07, 6.45) is 0.00715. The van der Waals surface area contributed by atoms with E-state index >= 15 is 0 Å². The van der Waals surface area contributed by atoms with Crippen LogP contribution < -0.4 is 10.9 Å². The van der Waals surface area contributed by atoms with Gasteiger partial charge in [0.2, 0.25) is 11.8 Å². The Labute approximate surface area is 105 Å². The predicted octanol–water partition coefficient (Wildman–Crippen LogP) is 0.180. The van der Waals surface area contributed by atoms with E-state index < -0.39 is 6.09 Å². The van der Waals surface area contributed by atoms with Crippen LogP contribution in [0.2, 0.25) is 0 Å². The molecule has 18 heavy (non-hydrogen) atoms. The van der Waals surface area contributed by atoms with Gasteiger partial charge in [0.05, 0.1) is 0 Å². The maximum atomic E-state index is 11.7. The van der Waals surface area contributed by atoms with Crippen molar-refractivity contribution < 1.29 is 19.5 Å². The van der Waals surface area contributed by atoms with Gasteiger partial charge in [-0.2, -0.15) is 0 Å². The third-order valence-corrected chi connectivity index (χ3v) is 2.97. The van der Waals surface area contributed by atoms with Crippen LogP contribution in [0.1, 0.15) is 26.7 Å². The number of rotatable bonds is 2. The van der Waals surface area contributed by atoms with E-state index in [2.05, 4.69) is 10.9 Å². The number of carbonyl (C=O) groups is 3. The maximum Gasteiger partial charge on any atom is 0.407 e. The number of piperidine rings is 1. The van der Waals surface area contributed by atoms with Gasteiger partial charge in [-0.25, -0.2) is 4.79 Å². The maximum absolute atomic E-state index is 11.7. The zero-order valence-corrected chi connectivity index (χ0v) is 10.6. The summed E-state index contributed by atoms with van der Waals surface area (Å²) in [5.74, 6) is -0.937. The van der Waals surface area contributed by atoms with Crippen molar-refractivity contribution >= 4 is 17.9 Å². The second kappa shape index (κ2) is 6.23. The number of hydrogen-bond acceptors (Lipinski definition) is 3. The molecule has 0 aromatic heterocycles. The number of hydrogen-bond donors (Lipinski definition) is 3. The van der Waals surface area contributed by atoms with E-state index in [1.807, 2.05) is 0 Å². The zero-order chi connectivity index (χ0) is 13.7. The zero-order valence-electron chi connectivity index (χ0n) is 10.6. The van der Waals surface area contributed by atoms with Crippen molar-refractivity contribution in [1.82, 2.24) is 15.8 Å². The highest BCUT2D eigenvalue weighted by atomic mass is 16.4. The number of hydrazine groups is 1. The average Bonchev–Trinajstić information content (AvgIpc) is 2.35. The molecule has 0 aromatic rings. The van der Waals surface area contributed by atoms with Crippen LogP contribution in [0.3, 0.4) is 0 Å². The van der Waals surface area contributed by atoms with E-state index in [1.54, 1.807) is 13.8 Å². The van der Waals surface area contributed by atoms with Crippen molar-refractivity contribution in [2.45, 2.75) is 26.7 Å². The van der Waals surface area contributed by atoms with Crippen LogP contribution >= 0.6 is 0 Å². The summed E-state index contributed by atoms with van der Waals surface area (Å²) in [6, 6.07) is 0. The van der Waals surface area contributed by atoms with Gasteiger partial charge < -0.3 is 10.0 Å². The van der Waals surface area contributed by atoms with Gasteiger partial charge in [-0.3, -0.25) is 20.4 Å². The third-order valence-electron chi connectivity index (χ3n) is 2.97. The van der Waals surface area contributed by atoms with E-state index in [0.717, 1.165) is 0 Å². The van der Waals surface area contributed by atoms with Gasteiger partial charge in [0, 0.05) is 24.9 Å². The Kier molecular flexibility index (Phi) is 4.94. The van der Waals surface area contributed by atoms with Gasteiger partial charge in [-0.05, 0) is 12.8 Å². The molecule has 1 aliphatic rings. The molecule has 3 N–H and O–H groups in total. The van der Waals surface area contributed by atoms with Crippen molar-refractivity contribution in [3.05, 3.63) is 0 Å². The number of carboxylic acid groups (broad SMARTS) is 1. The minimum Gasteiger partial charge on any atom is -0.465 e. The number of amides is 3. The van der Waals surface area contributed by atoms with E-state index in [1.165, 1.54) is 4.90 Å². The predicted molar refractivity (Wildman–Crippen MR) is 63.4 cm³/mol. The standard InChI is InChI=1S/C11H19N3O4/c1-7(2)9(15)12-13-10(16)8-3-5-14(6-4-8)11(17)18/h7-8H,3-6H2,1-2H3,(H,12,15)(H,13,16)(H,17,18). The number of likely N-dealkylation sites (tertiary alicyclic amines) is 1. The third kappa shape index (κ3) is 3.90. The minimum atomic E-state index is -0.957. The van der Waals surface area contributed by atoms with Gasteiger partial charge in [-0.1, -0.05) is 13.8 Å². The average molecular weight is 257 g/mol. The van der Waals surface area contributed by atoms with Gasteiger partial charge in [0.25, 0.3) is 0 Å². The van der Waals surface area contributed by atoms with Gasteiger partial charge >= 0.3 is 6.09 Å². The fraction of sp³-hybridized carbons (Fsp3) is 0.727. The lowest BCUT2D eigenvalue weighted by atomic mass is 9.96. The molecule has 1 aliphatic heterocycles. The second-order valence-corrected chi connectivity index (χ2v) is 4.68.